The van der Waals surface area contributed by atoms with Gasteiger partial charge in [0.25, 0.3) is 0 Å². The molecule has 2 N–H and O–H groups in total. The van der Waals surface area contributed by atoms with Crippen LogP contribution in [-0.4, -0.2) is 26.7 Å². The Hall–Kier alpha value is -2.70. The molecule has 0 atom stereocenters. The Labute approximate surface area is 119 Å². The van der Waals surface area contributed by atoms with E-state index in [0.29, 0.717) is 34.5 Å². The van der Waals surface area contributed by atoms with Crippen molar-refractivity contribution in [2.75, 3.05) is 12.8 Å². The standard InChI is InChI=1S/C14H12FN5O/c1-21-10-6-8(15)5-9-12(10)18-14(16)20-13(9)17-11(19-20)4-7-2-3-7/h2,5-6H,3-4H2,1H3,(H2,16,18). The number of benzene rings is 1. The highest BCUT2D eigenvalue weighted by Crippen LogP contribution is 2.29. The Balaban J connectivity index is 2.04. The lowest BCUT2D eigenvalue weighted by molar-refractivity contribution is 0.415. The smallest absolute Gasteiger partial charge is 0.223 e. The molecule has 6 nitrogen and oxygen atoms in total. The van der Waals surface area contributed by atoms with Crippen LogP contribution in [0, 0.1) is 5.82 Å². The molecule has 21 heavy (non-hydrogen) atoms. The van der Waals surface area contributed by atoms with Crippen LogP contribution in [0.25, 0.3) is 16.6 Å². The average molecular weight is 285 g/mol. The molecule has 0 amide bonds. The van der Waals surface area contributed by atoms with Crippen molar-refractivity contribution >= 4 is 22.5 Å². The SMILES string of the molecule is COc1cc(F)cc2c1nc(N)n1nc(CC3=CC3)nc21. The van der Waals surface area contributed by atoms with E-state index in [2.05, 4.69) is 21.1 Å². The Morgan fingerprint density at radius 2 is 2.19 bits per heavy atom. The van der Waals surface area contributed by atoms with Gasteiger partial charge in [-0.3, -0.25) is 0 Å². The number of hydrogen-bond donors (Lipinski definition) is 1. The van der Waals surface area contributed by atoms with Crippen LogP contribution in [0.1, 0.15) is 12.2 Å². The largest absolute Gasteiger partial charge is 0.494 e. The highest BCUT2D eigenvalue weighted by molar-refractivity contribution is 5.95. The first-order chi connectivity index (χ1) is 10.2. The summed E-state index contributed by atoms with van der Waals surface area (Å²) in [5, 5.41) is 4.87. The maximum atomic E-state index is 13.7. The molecule has 0 fully saturated rings. The van der Waals surface area contributed by atoms with Gasteiger partial charge in [0.1, 0.15) is 17.1 Å². The zero-order valence-corrected chi connectivity index (χ0v) is 11.3. The minimum atomic E-state index is -0.415. The summed E-state index contributed by atoms with van der Waals surface area (Å²) >= 11 is 0. The van der Waals surface area contributed by atoms with Gasteiger partial charge in [0.2, 0.25) is 5.95 Å². The van der Waals surface area contributed by atoms with Gasteiger partial charge in [0.15, 0.2) is 11.5 Å². The van der Waals surface area contributed by atoms with Crippen molar-refractivity contribution in [3.8, 4) is 5.75 Å². The van der Waals surface area contributed by atoms with Gasteiger partial charge in [-0.2, -0.15) is 4.52 Å². The number of halogens is 1. The number of anilines is 1. The number of hydrogen-bond acceptors (Lipinski definition) is 5. The van der Waals surface area contributed by atoms with Crippen molar-refractivity contribution in [2.24, 2.45) is 0 Å². The fourth-order valence-corrected chi connectivity index (χ4v) is 2.36. The minimum Gasteiger partial charge on any atom is -0.494 e. The van der Waals surface area contributed by atoms with E-state index in [1.54, 1.807) is 0 Å². The van der Waals surface area contributed by atoms with Gasteiger partial charge in [-0.1, -0.05) is 11.6 Å². The third kappa shape index (κ3) is 1.89. The van der Waals surface area contributed by atoms with Gasteiger partial charge in [0.05, 0.1) is 12.5 Å². The van der Waals surface area contributed by atoms with E-state index in [4.69, 9.17) is 10.5 Å². The number of fused-ring (bicyclic) bond motifs is 3. The van der Waals surface area contributed by atoms with Crippen molar-refractivity contribution in [2.45, 2.75) is 12.8 Å². The van der Waals surface area contributed by atoms with Crippen molar-refractivity contribution < 1.29 is 9.13 Å². The molecule has 106 valence electrons. The summed E-state index contributed by atoms with van der Waals surface area (Å²) in [5.74, 6) is 0.768. The van der Waals surface area contributed by atoms with Crippen LogP contribution in [0.5, 0.6) is 5.75 Å². The molecule has 2 aromatic heterocycles. The van der Waals surface area contributed by atoms with E-state index in [1.807, 2.05) is 0 Å². The molecule has 0 radical (unpaired) electrons. The number of methoxy groups -OCH3 is 1. The summed E-state index contributed by atoms with van der Waals surface area (Å²) in [6, 6.07) is 2.64. The molecule has 0 unspecified atom stereocenters. The van der Waals surface area contributed by atoms with Gasteiger partial charge < -0.3 is 10.5 Å². The Morgan fingerprint density at radius 1 is 1.38 bits per heavy atom. The van der Waals surface area contributed by atoms with Crippen LogP contribution in [0.15, 0.2) is 23.8 Å². The first kappa shape index (κ1) is 12.1. The molecule has 0 bridgehead atoms. The highest BCUT2D eigenvalue weighted by atomic mass is 19.1. The topological polar surface area (TPSA) is 78.3 Å². The molecule has 1 aliphatic carbocycles. The molecule has 7 heteroatoms. The molecule has 2 heterocycles. The first-order valence-corrected chi connectivity index (χ1v) is 6.52. The maximum absolute atomic E-state index is 13.7. The van der Waals surface area contributed by atoms with E-state index in [9.17, 15) is 4.39 Å². The number of aromatic nitrogens is 4. The van der Waals surface area contributed by atoms with Crippen LogP contribution in [0.3, 0.4) is 0 Å². The fraction of sp³-hybridized carbons (Fsp3) is 0.214. The van der Waals surface area contributed by atoms with Crippen LogP contribution in [0.4, 0.5) is 10.3 Å². The molecule has 0 aliphatic heterocycles. The van der Waals surface area contributed by atoms with E-state index >= 15 is 0 Å². The number of rotatable bonds is 3. The maximum Gasteiger partial charge on any atom is 0.223 e. The molecule has 0 saturated carbocycles. The quantitative estimate of drug-likeness (QED) is 0.743. The summed E-state index contributed by atoms with van der Waals surface area (Å²) < 4.78 is 20.3. The summed E-state index contributed by atoms with van der Waals surface area (Å²) in [6.45, 7) is 0. The summed E-state index contributed by atoms with van der Waals surface area (Å²) in [6.07, 6.45) is 3.82. The van der Waals surface area contributed by atoms with Gasteiger partial charge in [-0.15, -0.1) is 5.10 Å². The molecular formula is C14H12FN5O. The molecule has 1 aliphatic rings. The summed E-state index contributed by atoms with van der Waals surface area (Å²) in [5.41, 5.74) is 8.20. The summed E-state index contributed by atoms with van der Waals surface area (Å²) in [7, 11) is 1.46. The van der Waals surface area contributed by atoms with Crippen molar-refractivity contribution in [3.05, 3.63) is 35.4 Å². The molecule has 4 rings (SSSR count). The predicted molar refractivity (Wildman–Crippen MR) is 75.6 cm³/mol. The Morgan fingerprint density at radius 3 is 2.90 bits per heavy atom. The van der Waals surface area contributed by atoms with Crippen molar-refractivity contribution in [3.63, 3.8) is 0 Å². The first-order valence-electron chi connectivity index (χ1n) is 6.52. The lowest BCUT2D eigenvalue weighted by atomic mass is 10.2. The van der Waals surface area contributed by atoms with Gasteiger partial charge in [-0.25, -0.2) is 14.4 Å². The third-order valence-electron chi connectivity index (χ3n) is 3.47. The number of nitrogens with two attached hydrogens (primary N) is 1. The van der Waals surface area contributed by atoms with E-state index in [0.717, 1.165) is 6.42 Å². The highest BCUT2D eigenvalue weighted by Gasteiger charge is 2.17. The predicted octanol–water partition coefficient (Wildman–Crippen LogP) is 1.88. The average Bonchev–Trinajstić information content (AvgIpc) is 3.15. The number of ether oxygens (including phenoxy) is 1. The number of allylic oxidation sites excluding steroid dienone is 2. The zero-order valence-electron chi connectivity index (χ0n) is 11.3. The zero-order chi connectivity index (χ0) is 14.6. The monoisotopic (exact) mass is 285 g/mol. The van der Waals surface area contributed by atoms with Crippen LogP contribution in [0.2, 0.25) is 0 Å². The molecular weight excluding hydrogens is 273 g/mol. The van der Waals surface area contributed by atoms with Crippen molar-refractivity contribution in [1.29, 1.82) is 0 Å². The van der Waals surface area contributed by atoms with Crippen LogP contribution in [-0.2, 0) is 6.42 Å². The van der Waals surface area contributed by atoms with Crippen LogP contribution < -0.4 is 10.5 Å². The molecule has 0 saturated heterocycles. The molecule has 1 aromatic carbocycles. The van der Waals surface area contributed by atoms with Crippen molar-refractivity contribution in [1.82, 2.24) is 19.6 Å². The normalized spacial score (nSPS) is 13.7. The third-order valence-corrected chi connectivity index (χ3v) is 3.47. The van der Waals surface area contributed by atoms with E-state index < -0.39 is 5.82 Å². The Kier molecular flexibility index (Phi) is 2.38. The second kappa shape index (κ2) is 4.15. The van der Waals surface area contributed by atoms with E-state index in [1.165, 1.54) is 29.3 Å². The van der Waals surface area contributed by atoms with Gasteiger partial charge in [-0.05, 0) is 12.5 Å². The fourth-order valence-electron chi connectivity index (χ4n) is 2.36. The van der Waals surface area contributed by atoms with E-state index in [-0.39, 0.29) is 5.95 Å². The summed E-state index contributed by atoms with van der Waals surface area (Å²) in [4.78, 5) is 8.72. The van der Waals surface area contributed by atoms with Crippen LogP contribution >= 0.6 is 0 Å². The number of nitrogen functional groups attached to an aromatic ring is 1. The lowest BCUT2D eigenvalue weighted by Gasteiger charge is -2.07. The molecule has 3 aromatic rings. The minimum absolute atomic E-state index is 0.200. The van der Waals surface area contributed by atoms with Gasteiger partial charge in [0, 0.05) is 12.5 Å². The molecule has 0 spiro atoms. The second-order valence-electron chi connectivity index (χ2n) is 4.98. The second-order valence-corrected chi connectivity index (χ2v) is 4.98. The number of nitrogens with zero attached hydrogens (tertiary/aromatic N) is 4. The lowest BCUT2D eigenvalue weighted by Crippen LogP contribution is -2.04. The Bertz CT molecular complexity index is 915. The van der Waals surface area contributed by atoms with Gasteiger partial charge >= 0.3 is 0 Å².